The molecule has 4 rings (SSSR count). The van der Waals surface area contributed by atoms with Gasteiger partial charge in [0, 0.05) is 36.3 Å². The summed E-state index contributed by atoms with van der Waals surface area (Å²) in [5.74, 6) is 1.16. The van der Waals surface area contributed by atoms with E-state index in [1.165, 1.54) is 0 Å². The van der Waals surface area contributed by atoms with Gasteiger partial charge in [-0.3, -0.25) is 4.98 Å². The van der Waals surface area contributed by atoms with Gasteiger partial charge >= 0.3 is 0 Å². The summed E-state index contributed by atoms with van der Waals surface area (Å²) < 4.78 is 0. The van der Waals surface area contributed by atoms with Gasteiger partial charge in [-0.15, -0.1) is 0 Å². The number of benzene rings is 2. The van der Waals surface area contributed by atoms with E-state index in [-0.39, 0.29) is 0 Å². The zero-order valence-electron chi connectivity index (χ0n) is 15.6. The summed E-state index contributed by atoms with van der Waals surface area (Å²) in [6.45, 7) is 0.622. The van der Waals surface area contributed by atoms with Gasteiger partial charge in [0.25, 0.3) is 0 Å². The van der Waals surface area contributed by atoms with Crippen LogP contribution in [0.1, 0.15) is 11.1 Å². The molecule has 0 radical (unpaired) electrons. The number of nitrogens with one attached hydrogen (secondary N) is 2. The molecular weight excluding hydrogens is 360 g/mol. The SMILES string of the molecule is N#Cc1cccc(Nc2nc(NCc3ccncc3)cc(-c3ccccc3)n2)c1. The zero-order valence-corrected chi connectivity index (χ0v) is 15.6. The van der Waals surface area contributed by atoms with Gasteiger partial charge in [-0.1, -0.05) is 36.4 Å². The summed E-state index contributed by atoms with van der Waals surface area (Å²) >= 11 is 0. The number of anilines is 3. The topological polar surface area (TPSA) is 86.5 Å². The number of aromatic nitrogens is 3. The van der Waals surface area contributed by atoms with Gasteiger partial charge in [0.1, 0.15) is 5.82 Å². The van der Waals surface area contributed by atoms with Crippen molar-refractivity contribution in [3.63, 3.8) is 0 Å². The summed E-state index contributed by atoms with van der Waals surface area (Å²) in [5.41, 5.74) is 4.24. The van der Waals surface area contributed by atoms with Crippen LogP contribution in [0.3, 0.4) is 0 Å². The number of nitriles is 1. The van der Waals surface area contributed by atoms with Crippen LogP contribution in [0.5, 0.6) is 0 Å². The molecule has 140 valence electrons. The molecule has 0 atom stereocenters. The fourth-order valence-electron chi connectivity index (χ4n) is 2.84. The molecule has 0 aliphatic heterocycles. The maximum Gasteiger partial charge on any atom is 0.229 e. The fourth-order valence-corrected chi connectivity index (χ4v) is 2.84. The minimum atomic E-state index is 0.457. The third-order valence-corrected chi connectivity index (χ3v) is 4.27. The molecular formula is C23H18N6. The second kappa shape index (κ2) is 8.63. The van der Waals surface area contributed by atoms with Crippen LogP contribution in [0.2, 0.25) is 0 Å². The molecule has 0 saturated heterocycles. The molecule has 2 aromatic heterocycles. The molecule has 0 amide bonds. The van der Waals surface area contributed by atoms with Crippen molar-refractivity contribution in [2.75, 3.05) is 10.6 Å². The maximum atomic E-state index is 9.12. The molecule has 6 nitrogen and oxygen atoms in total. The van der Waals surface area contributed by atoms with Gasteiger partial charge in [-0.05, 0) is 35.9 Å². The minimum absolute atomic E-state index is 0.457. The van der Waals surface area contributed by atoms with Crippen molar-refractivity contribution < 1.29 is 0 Å². The van der Waals surface area contributed by atoms with Crippen molar-refractivity contribution in [1.82, 2.24) is 15.0 Å². The molecule has 0 saturated carbocycles. The highest BCUT2D eigenvalue weighted by Crippen LogP contribution is 2.23. The number of hydrogen-bond donors (Lipinski definition) is 2. The Kier molecular flexibility index (Phi) is 5.40. The molecule has 29 heavy (non-hydrogen) atoms. The number of nitrogens with zero attached hydrogens (tertiary/aromatic N) is 4. The third kappa shape index (κ3) is 4.73. The predicted molar refractivity (Wildman–Crippen MR) is 113 cm³/mol. The van der Waals surface area contributed by atoms with Gasteiger partial charge < -0.3 is 10.6 Å². The average Bonchev–Trinajstić information content (AvgIpc) is 2.79. The Morgan fingerprint density at radius 2 is 1.69 bits per heavy atom. The first-order valence-electron chi connectivity index (χ1n) is 9.14. The number of rotatable bonds is 6. The first-order chi connectivity index (χ1) is 14.3. The quantitative estimate of drug-likeness (QED) is 0.503. The van der Waals surface area contributed by atoms with Gasteiger partial charge in [0.15, 0.2) is 0 Å². The Balaban J connectivity index is 1.65. The van der Waals surface area contributed by atoms with Crippen LogP contribution in [0.4, 0.5) is 17.5 Å². The van der Waals surface area contributed by atoms with Crippen LogP contribution in [-0.2, 0) is 6.54 Å². The monoisotopic (exact) mass is 378 g/mol. The van der Waals surface area contributed by atoms with Crippen molar-refractivity contribution in [1.29, 1.82) is 5.26 Å². The Hall–Kier alpha value is -4.24. The molecule has 0 spiro atoms. The van der Waals surface area contributed by atoms with Gasteiger partial charge in [-0.2, -0.15) is 10.2 Å². The van der Waals surface area contributed by atoms with E-state index >= 15 is 0 Å². The molecule has 0 bridgehead atoms. The Labute approximate surface area is 168 Å². The third-order valence-electron chi connectivity index (χ3n) is 4.27. The molecule has 0 fully saturated rings. The molecule has 0 aliphatic carbocycles. The summed E-state index contributed by atoms with van der Waals surface area (Å²) in [4.78, 5) is 13.3. The highest BCUT2D eigenvalue weighted by molar-refractivity contribution is 5.66. The van der Waals surface area contributed by atoms with Crippen LogP contribution >= 0.6 is 0 Å². The summed E-state index contributed by atoms with van der Waals surface area (Å²) in [7, 11) is 0. The highest BCUT2D eigenvalue weighted by atomic mass is 15.1. The number of pyridine rings is 1. The second-order valence-corrected chi connectivity index (χ2v) is 6.35. The Bertz CT molecular complexity index is 1140. The second-order valence-electron chi connectivity index (χ2n) is 6.35. The summed E-state index contributed by atoms with van der Waals surface area (Å²) in [6.07, 6.45) is 3.53. The molecule has 0 aliphatic rings. The van der Waals surface area contributed by atoms with E-state index < -0.39 is 0 Å². The lowest BCUT2D eigenvalue weighted by Crippen LogP contribution is -2.05. The van der Waals surface area contributed by atoms with E-state index in [0.29, 0.717) is 23.9 Å². The van der Waals surface area contributed by atoms with Gasteiger partial charge in [-0.25, -0.2) is 4.98 Å². The van der Waals surface area contributed by atoms with Crippen molar-refractivity contribution in [3.05, 3.63) is 96.3 Å². The van der Waals surface area contributed by atoms with E-state index in [1.54, 1.807) is 24.5 Å². The van der Waals surface area contributed by atoms with E-state index in [4.69, 9.17) is 5.26 Å². The molecule has 2 heterocycles. The smallest absolute Gasteiger partial charge is 0.229 e. The normalized spacial score (nSPS) is 10.2. The van der Waals surface area contributed by atoms with Crippen molar-refractivity contribution in [3.8, 4) is 17.3 Å². The van der Waals surface area contributed by atoms with Crippen LogP contribution in [-0.4, -0.2) is 15.0 Å². The van der Waals surface area contributed by atoms with Gasteiger partial charge in [0.2, 0.25) is 5.95 Å². The Morgan fingerprint density at radius 1 is 0.862 bits per heavy atom. The first kappa shape index (κ1) is 18.1. The van der Waals surface area contributed by atoms with Crippen LogP contribution in [0.15, 0.2) is 85.2 Å². The lowest BCUT2D eigenvalue weighted by atomic mass is 10.1. The average molecular weight is 378 g/mol. The maximum absolute atomic E-state index is 9.12. The van der Waals surface area contributed by atoms with E-state index in [0.717, 1.165) is 22.5 Å². The molecule has 4 aromatic rings. The van der Waals surface area contributed by atoms with Crippen molar-refractivity contribution >= 4 is 17.5 Å². The molecule has 2 N–H and O–H groups in total. The van der Waals surface area contributed by atoms with E-state index in [9.17, 15) is 0 Å². The van der Waals surface area contributed by atoms with Crippen molar-refractivity contribution in [2.24, 2.45) is 0 Å². The summed E-state index contributed by atoms with van der Waals surface area (Å²) in [5, 5.41) is 15.7. The molecule has 2 aromatic carbocycles. The number of hydrogen-bond acceptors (Lipinski definition) is 6. The molecule has 0 unspecified atom stereocenters. The highest BCUT2D eigenvalue weighted by Gasteiger charge is 2.08. The standard InChI is InChI=1S/C23H18N6/c24-15-18-5-4-8-20(13-18)27-23-28-21(19-6-2-1-3-7-19)14-22(29-23)26-16-17-9-11-25-12-10-17/h1-14H,16H2,(H2,26,27,28,29). The minimum Gasteiger partial charge on any atom is -0.366 e. The fraction of sp³-hybridized carbons (Fsp3) is 0.0435. The summed E-state index contributed by atoms with van der Waals surface area (Å²) in [6, 6.07) is 25.2. The van der Waals surface area contributed by atoms with E-state index in [2.05, 4.69) is 31.7 Å². The lowest BCUT2D eigenvalue weighted by Gasteiger charge is -2.12. The Morgan fingerprint density at radius 3 is 2.48 bits per heavy atom. The predicted octanol–water partition coefficient (Wildman–Crippen LogP) is 4.77. The van der Waals surface area contributed by atoms with E-state index in [1.807, 2.05) is 60.7 Å². The lowest BCUT2D eigenvalue weighted by molar-refractivity contribution is 1.08. The van der Waals surface area contributed by atoms with Crippen LogP contribution in [0, 0.1) is 11.3 Å². The first-order valence-corrected chi connectivity index (χ1v) is 9.14. The van der Waals surface area contributed by atoms with Gasteiger partial charge in [0.05, 0.1) is 17.3 Å². The van der Waals surface area contributed by atoms with Crippen LogP contribution in [0.25, 0.3) is 11.3 Å². The van der Waals surface area contributed by atoms with Crippen molar-refractivity contribution in [2.45, 2.75) is 6.54 Å². The zero-order chi connectivity index (χ0) is 19.9. The largest absolute Gasteiger partial charge is 0.366 e. The van der Waals surface area contributed by atoms with Crippen LogP contribution < -0.4 is 10.6 Å². The molecule has 6 heteroatoms.